The molecule has 19 heavy (non-hydrogen) atoms. The van der Waals surface area contributed by atoms with Crippen LogP contribution in [0, 0.1) is 6.92 Å². The number of pyridine rings is 1. The molecular formula is C14H13BrF2N2. The summed E-state index contributed by atoms with van der Waals surface area (Å²) in [5.74, 6) is 0. The van der Waals surface area contributed by atoms with Crippen molar-refractivity contribution < 1.29 is 8.78 Å². The van der Waals surface area contributed by atoms with Gasteiger partial charge >= 0.3 is 0 Å². The van der Waals surface area contributed by atoms with Crippen molar-refractivity contribution in [1.29, 1.82) is 0 Å². The molecule has 1 heterocycles. The van der Waals surface area contributed by atoms with Crippen molar-refractivity contribution in [2.75, 3.05) is 5.32 Å². The summed E-state index contributed by atoms with van der Waals surface area (Å²) in [6.45, 7) is 2.43. The number of aromatic nitrogens is 1. The normalized spacial score (nSPS) is 10.8. The molecule has 0 amide bonds. The van der Waals surface area contributed by atoms with E-state index in [-0.39, 0.29) is 5.56 Å². The fourth-order valence-corrected chi connectivity index (χ4v) is 1.91. The van der Waals surface area contributed by atoms with Gasteiger partial charge in [0.25, 0.3) is 6.43 Å². The predicted molar refractivity (Wildman–Crippen MR) is 75.4 cm³/mol. The van der Waals surface area contributed by atoms with Gasteiger partial charge in [0.15, 0.2) is 0 Å². The topological polar surface area (TPSA) is 24.9 Å². The van der Waals surface area contributed by atoms with E-state index in [0.29, 0.717) is 6.54 Å². The van der Waals surface area contributed by atoms with Crippen molar-refractivity contribution in [1.82, 2.24) is 4.98 Å². The molecular weight excluding hydrogens is 314 g/mol. The molecule has 0 saturated carbocycles. The van der Waals surface area contributed by atoms with Crippen LogP contribution in [0.2, 0.25) is 0 Å². The SMILES string of the molecule is Cc1cc(NCc2cccc(C(F)F)c2)cnc1Br. The zero-order chi connectivity index (χ0) is 13.8. The number of nitrogens with one attached hydrogen (secondary N) is 1. The number of nitrogens with zero attached hydrogens (tertiary/aromatic N) is 1. The minimum Gasteiger partial charge on any atom is -0.380 e. The van der Waals surface area contributed by atoms with Crippen molar-refractivity contribution in [3.8, 4) is 0 Å². The van der Waals surface area contributed by atoms with Crippen LogP contribution in [0.5, 0.6) is 0 Å². The van der Waals surface area contributed by atoms with Crippen LogP contribution in [0.3, 0.4) is 0 Å². The Kier molecular flexibility index (Phi) is 4.47. The number of hydrogen-bond acceptors (Lipinski definition) is 2. The monoisotopic (exact) mass is 326 g/mol. The standard InChI is InChI=1S/C14H13BrF2N2/c1-9-5-12(8-19-13(9)15)18-7-10-3-2-4-11(6-10)14(16)17/h2-6,8,14,18H,7H2,1H3. The molecule has 1 aromatic carbocycles. The molecule has 2 rings (SSSR count). The van der Waals surface area contributed by atoms with E-state index >= 15 is 0 Å². The van der Waals surface area contributed by atoms with E-state index in [9.17, 15) is 8.78 Å². The van der Waals surface area contributed by atoms with Gasteiger partial charge in [-0.15, -0.1) is 0 Å². The van der Waals surface area contributed by atoms with Gasteiger partial charge in [-0.2, -0.15) is 0 Å². The van der Waals surface area contributed by atoms with Gasteiger partial charge in [0.05, 0.1) is 11.9 Å². The van der Waals surface area contributed by atoms with Gasteiger partial charge in [0.2, 0.25) is 0 Å². The summed E-state index contributed by atoms with van der Waals surface area (Å²) in [7, 11) is 0. The van der Waals surface area contributed by atoms with Crippen molar-refractivity contribution >= 4 is 21.6 Å². The summed E-state index contributed by atoms with van der Waals surface area (Å²) in [6, 6.07) is 8.35. The first-order valence-corrected chi connectivity index (χ1v) is 6.58. The third-order valence-electron chi connectivity index (χ3n) is 2.71. The highest BCUT2D eigenvalue weighted by Crippen LogP contribution is 2.21. The summed E-state index contributed by atoms with van der Waals surface area (Å²) in [5.41, 5.74) is 2.75. The lowest BCUT2D eigenvalue weighted by Gasteiger charge is -2.09. The molecule has 0 saturated heterocycles. The van der Waals surface area contributed by atoms with Crippen molar-refractivity contribution in [2.24, 2.45) is 0 Å². The second kappa shape index (κ2) is 6.10. The maximum Gasteiger partial charge on any atom is 0.263 e. The molecule has 2 aromatic rings. The third-order valence-corrected chi connectivity index (χ3v) is 3.54. The lowest BCUT2D eigenvalue weighted by Crippen LogP contribution is -2.01. The highest BCUT2D eigenvalue weighted by molar-refractivity contribution is 9.10. The number of anilines is 1. The van der Waals surface area contributed by atoms with Gasteiger partial charge in [-0.3, -0.25) is 0 Å². The van der Waals surface area contributed by atoms with Gasteiger partial charge in [-0.25, -0.2) is 13.8 Å². The first-order valence-electron chi connectivity index (χ1n) is 5.79. The van der Waals surface area contributed by atoms with E-state index in [1.165, 1.54) is 12.1 Å². The summed E-state index contributed by atoms with van der Waals surface area (Å²) >= 11 is 3.33. The number of rotatable bonds is 4. The van der Waals surface area contributed by atoms with E-state index in [2.05, 4.69) is 26.2 Å². The van der Waals surface area contributed by atoms with Crippen LogP contribution in [0.1, 0.15) is 23.1 Å². The van der Waals surface area contributed by atoms with Crippen LogP contribution in [-0.4, -0.2) is 4.98 Å². The highest BCUT2D eigenvalue weighted by atomic mass is 79.9. The van der Waals surface area contributed by atoms with Gasteiger partial charge in [0, 0.05) is 12.1 Å². The average Bonchev–Trinajstić information content (AvgIpc) is 2.40. The van der Waals surface area contributed by atoms with Crippen molar-refractivity contribution in [3.05, 3.63) is 57.8 Å². The molecule has 0 bridgehead atoms. The molecule has 1 N–H and O–H groups in total. The molecule has 0 radical (unpaired) electrons. The maximum absolute atomic E-state index is 12.6. The quantitative estimate of drug-likeness (QED) is 0.823. The second-order valence-electron chi connectivity index (χ2n) is 4.23. The Morgan fingerprint density at radius 2 is 2.11 bits per heavy atom. The summed E-state index contributed by atoms with van der Waals surface area (Å²) < 4.78 is 25.9. The molecule has 0 aliphatic carbocycles. The molecule has 100 valence electrons. The zero-order valence-electron chi connectivity index (χ0n) is 10.3. The Morgan fingerprint density at radius 3 is 2.79 bits per heavy atom. The Bertz CT molecular complexity index is 573. The van der Waals surface area contributed by atoms with Crippen LogP contribution < -0.4 is 5.32 Å². The smallest absolute Gasteiger partial charge is 0.263 e. The Labute approximate surface area is 119 Å². The molecule has 0 unspecified atom stereocenters. The largest absolute Gasteiger partial charge is 0.380 e. The highest BCUT2D eigenvalue weighted by Gasteiger charge is 2.07. The summed E-state index contributed by atoms with van der Waals surface area (Å²) in [6.07, 6.45) is -0.731. The number of halogens is 3. The predicted octanol–water partition coefficient (Wildman–Crippen LogP) is 4.70. The van der Waals surface area contributed by atoms with Crippen molar-refractivity contribution in [3.63, 3.8) is 0 Å². The molecule has 0 atom stereocenters. The van der Waals surface area contributed by atoms with Gasteiger partial charge in [-0.05, 0) is 46.1 Å². The van der Waals surface area contributed by atoms with E-state index in [1.54, 1.807) is 12.3 Å². The molecule has 0 fully saturated rings. The van der Waals surface area contributed by atoms with E-state index in [0.717, 1.165) is 21.4 Å². The fourth-order valence-electron chi connectivity index (χ4n) is 1.70. The van der Waals surface area contributed by atoms with E-state index in [4.69, 9.17) is 0 Å². The van der Waals surface area contributed by atoms with Crippen LogP contribution in [0.25, 0.3) is 0 Å². The molecule has 0 aliphatic rings. The molecule has 2 nitrogen and oxygen atoms in total. The molecule has 5 heteroatoms. The van der Waals surface area contributed by atoms with Gasteiger partial charge in [0.1, 0.15) is 4.60 Å². The third kappa shape index (κ3) is 3.73. The fraction of sp³-hybridized carbons (Fsp3) is 0.214. The minimum atomic E-state index is -2.43. The number of hydrogen-bond donors (Lipinski definition) is 1. The van der Waals surface area contributed by atoms with Gasteiger partial charge < -0.3 is 5.32 Å². The van der Waals surface area contributed by atoms with Crippen LogP contribution in [0.4, 0.5) is 14.5 Å². The first kappa shape index (κ1) is 13.9. The van der Waals surface area contributed by atoms with E-state index in [1.807, 2.05) is 19.1 Å². The minimum absolute atomic E-state index is 0.0458. The molecule has 0 aliphatic heterocycles. The second-order valence-corrected chi connectivity index (χ2v) is 4.98. The number of aryl methyl sites for hydroxylation is 1. The summed E-state index contributed by atoms with van der Waals surface area (Å²) in [5, 5.41) is 3.17. The maximum atomic E-state index is 12.6. The van der Waals surface area contributed by atoms with Crippen LogP contribution in [0.15, 0.2) is 41.1 Å². The summed E-state index contributed by atoms with van der Waals surface area (Å²) in [4.78, 5) is 4.17. The molecule has 0 spiro atoms. The Hall–Kier alpha value is -1.49. The van der Waals surface area contributed by atoms with Crippen LogP contribution in [-0.2, 0) is 6.54 Å². The molecule has 1 aromatic heterocycles. The van der Waals surface area contributed by atoms with Gasteiger partial charge in [-0.1, -0.05) is 18.2 Å². The lowest BCUT2D eigenvalue weighted by molar-refractivity contribution is 0.151. The zero-order valence-corrected chi connectivity index (χ0v) is 11.9. The first-order chi connectivity index (χ1) is 9.06. The Morgan fingerprint density at radius 1 is 1.32 bits per heavy atom. The van der Waals surface area contributed by atoms with Crippen molar-refractivity contribution in [2.45, 2.75) is 19.9 Å². The number of benzene rings is 1. The lowest BCUT2D eigenvalue weighted by atomic mass is 10.1. The number of alkyl halides is 2. The van der Waals surface area contributed by atoms with Crippen LogP contribution >= 0.6 is 15.9 Å². The Balaban J connectivity index is 2.05. The average molecular weight is 327 g/mol. The van der Waals surface area contributed by atoms with E-state index < -0.39 is 6.43 Å².